The highest BCUT2D eigenvalue weighted by atomic mass is 19.4. The zero-order chi connectivity index (χ0) is 26.6. The fourth-order valence-electron chi connectivity index (χ4n) is 4.29. The van der Waals surface area contributed by atoms with Crippen molar-refractivity contribution in [2.24, 2.45) is 17.6 Å². The topological polar surface area (TPSA) is 145 Å². The van der Waals surface area contributed by atoms with E-state index in [4.69, 9.17) is 5.73 Å². The maximum Gasteiger partial charge on any atom is 0.522 e. The highest BCUT2D eigenvalue weighted by Crippen LogP contribution is 2.29. The number of hydrogen-bond acceptors (Lipinski definition) is 6. The molecule has 3 atom stereocenters. The third kappa shape index (κ3) is 6.59. The minimum absolute atomic E-state index is 0.0564. The molecule has 0 unspecified atom stereocenters. The summed E-state index contributed by atoms with van der Waals surface area (Å²) in [4.78, 5) is 54.7. The number of ketones is 1. The summed E-state index contributed by atoms with van der Waals surface area (Å²) < 4.78 is 42.9. The van der Waals surface area contributed by atoms with Crippen LogP contribution < -0.4 is 16.4 Å². The van der Waals surface area contributed by atoms with Gasteiger partial charge in [0, 0.05) is 18.7 Å². The lowest BCUT2D eigenvalue weighted by Crippen LogP contribution is -2.47. The number of primary amides is 1. The van der Waals surface area contributed by atoms with Crippen LogP contribution in [0.3, 0.4) is 0 Å². The number of amides is 3. The van der Waals surface area contributed by atoms with E-state index in [2.05, 4.69) is 20.4 Å². The lowest BCUT2D eigenvalue weighted by molar-refractivity contribution is -0.321. The number of nitrogens with two attached hydrogens (primary N) is 1. The molecule has 0 aliphatic carbocycles. The first-order valence-electron chi connectivity index (χ1n) is 11.5. The molecule has 4 N–H and O–H groups in total. The Morgan fingerprint density at radius 3 is 2.61 bits per heavy atom. The Hall–Kier alpha value is -3.48. The lowest BCUT2D eigenvalue weighted by Gasteiger charge is -2.25. The van der Waals surface area contributed by atoms with E-state index in [0.717, 1.165) is 0 Å². The van der Waals surface area contributed by atoms with Gasteiger partial charge in [-0.15, -0.1) is 13.2 Å². The van der Waals surface area contributed by atoms with Crippen LogP contribution in [0.4, 0.5) is 13.2 Å². The van der Waals surface area contributed by atoms with Gasteiger partial charge in [0.25, 0.3) is 5.91 Å². The molecule has 1 fully saturated rings. The first kappa shape index (κ1) is 27.1. The quantitative estimate of drug-likeness (QED) is 0.419. The predicted molar refractivity (Wildman–Crippen MR) is 121 cm³/mol. The second-order valence-corrected chi connectivity index (χ2v) is 9.10. The van der Waals surface area contributed by atoms with Crippen molar-refractivity contribution >= 4 is 29.2 Å². The monoisotopic (exact) mass is 511 g/mol. The van der Waals surface area contributed by atoms with Crippen molar-refractivity contribution < 1.29 is 37.1 Å². The van der Waals surface area contributed by atoms with Gasteiger partial charge in [-0.25, -0.2) is 4.98 Å². The number of pyridine rings is 1. The Kier molecular flexibility index (Phi) is 8.33. The number of alkyl halides is 3. The Labute approximate surface area is 204 Å². The van der Waals surface area contributed by atoms with Gasteiger partial charge in [-0.2, -0.15) is 0 Å². The van der Waals surface area contributed by atoms with E-state index in [0.29, 0.717) is 18.6 Å². The zero-order valence-corrected chi connectivity index (χ0v) is 19.8. The van der Waals surface area contributed by atoms with E-state index >= 15 is 0 Å². The van der Waals surface area contributed by atoms with Crippen LogP contribution in [0, 0.1) is 11.8 Å². The molecule has 2 aromatic rings. The molecule has 0 bridgehead atoms. The number of halogens is 3. The van der Waals surface area contributed by atoms with Crippen LogP contribution in [0.15, 0.2) is 24.4 Å². The molecule has 3 rings (SSSR count). The minimum Gasteiger partial charge on any atom is -0.364 e. The van der Waals surface area contributed by atoms with E-state index in [1.165, 1.54) is 0 Å². The summed E-state index contributed by atoms with van der Waals surface area (Å²) in [5.41, 5.74) is 5.99. The van der Waals surface area contributed by atoms with Crippen LogP contribution in [0.1, 0.15) is 55.2 Å². The highest BCUT2D eigenvalue weighted by Gasteiger charge is 2.37. The van der Waals surface area contributed by atoms with Crippen LogP contribution in [0.2, 0.25) is 0 Å². The van der Waals surface area contributed by atoms with Crippen LogP contribution in [-0.2, 0) is 19.1 Å². The standard InChI is InChI=1S/C23H28F3N5O5/c1-12(2)9-14(19-18(20(27)33)30-17-5-3-4-8-31(17)19)22(35)29-15(10-13-6-7-28-21(13)34)16(32)11-36-23(24,25)26/h3-5,8,12-15H,6-7,9-11H2,1-2H3,(H2,27,33)(H,28,34)(H,29,35)/t13-,14-,15-/m0/s1. The van der Waals surface area contributed by atoms with Crippen molar-refractivity contribution in [3.63, 3.8) is 0 Å². The molecule has 196 valence electrons. The molecule has 0 radical (unpaired) electrons. The van der Waals surface area contributed by atoms with Crippen molar-refractivity contribution in [3.05, 3.63) is 35.8 Å². The summed E-state index contributed by atoms with van der Waals surface area (Å²) in [6.45, 7) is 2.73. The fraction of sp³-hybridized carbons (Fsp3) is 0.522. The second-order valence-electron chi connectivity index (χ2n) is 9.10. The maximum absolute atomic E-state index is 13.5. The number of fused-ring (bicyclic) bond motifs is 1. The first-order valence-corrected chi connectivity index (χ1v) is 11.5. The third-order valence-electron chi connectivity index (χ3n) is 5.92. The molecule has 1 aliphatic heterocycles. The SMILES string of the molecule is CC(C)C[C@H](C(=O)N[C@@H](C[C@@H]1CCNC1=O)C(=O)COC(F)(F)F)c1c(C(N)=O)nc2ccccn12. The Balaban J connectivity index is 1.95. The maximum atomic E-state index is 13.5. The smallest absolute Gasteiger partial charge is 0.364 e. The van der Waals surface area contributed by atoms with Gasteiger partial charge in [0.1, 0.15) is 12.3 Å². The van der Waals surface area contributed by atoms with E-state index < -0.39 is 48.4 Å². The summed E-state index contributed by atoms with van der Waals surface area (Å²) >= 11 is 0. The third-order valence-corrected chi connectivity index (χ3v) is 5.92. The van der Waals surface area contributed by atoms with Crippen LogP contribution in [0.25, 0.3) is 5.65 Å². The second kappa shape index (κ2) is 11.1. The van der Waals surface area contributed by atoms with Gasteiger partial charge in [0.15, 0.2) is 11.5 Å². The minimum atomic E-state index is -5.04. The average molecular weight is 512 g/mol. The number of rotatable bonds is 11. The Morgan fingerprint density at radius 1 is 1.31 bits per heavy atom. The number of Topliss-reactive ketones (excluding diaryl/α,β-unsaturated/α-hetero) is 1. The first-order chi connectivity index (χ1) is 16.9. The summed E-state index contributed by atoms with van der Waals surface area (Å²) in [6.07, 6.45) is -3.04. The van der Waals surface area contributed by atoms with E-state index in [1.807, 2.05) is 13.8 Å². The molecule has 10 nitrogen and oxygen atoms in total. The number of carbonyl (C=O) groups is 4. The van der Waals surface area contributed by atoms with Crippen LogP contribution in [-0.4, -0.2) is 58.4 Å². The van der Waals surface area contributed by atoms with Gasteiger partial charge in [0.05, 0.1) is 17.7 Å². The number of ether oxygens (including phenoxy) is 1. The lowest BCUT2D eigenvalue weighted by atomic mass is 9.90. The number of hydrogen-bond donors (Lipinski definition) is 3. The van der Waals surface area contributed by atoms with Gasteiger partial charge in [-0.1, -0.05) is 19.9 Å². The molecule has 0 aromatic carbocycles. The number of nitrogens with zero attached hydrogens (tertiary/aromatic N) is 2. The molecule has 36 heavy (non-hydrogen) atoms. The summed E-state index contributed by atoms with van der Waals surface area (Å²) in [5.74, 6) is -4.68. The van der Waals surface area contributed by atoms with E-state index in [1.54, 1.807) is 28.8 Å². The van der Waals surface area contributed by atoms with E-state index in [9.17, 15) is 32.3 Å². The number of imidazole rings is 1. The largest absolute Gasteiger partial charge is 0.522 e. The normalized spacial score (nSPS) is 17.7. The molecule has 2 aromatic heterocycles. The Morgan fingerprint density at radius 2 is 2.03 bits per heavy atom. The molecule has 13 heteroatoms. The summed E-state index contributed by atoms with van der Waals surface area (Å²) in [6, 6.07) is 3.57. The summed E-state index contributed by atoms with van der Waals surface area (Å²) in [7, 11) is 0. The average Bonchev–Trinajstić information content (AvgIpc) is 3.38. The van der Waals surface area contributed by atoms with Crippen LogP contribution in [0.5, 0.6) is 0 Å². The van der Waals surface area contributed by atoms with Crippen LogP contribution >= 0.6 is 0 Å². The van der Waals surface area contributed by atoms with Crippen molar-refractivity contribution in [1.82, 2.24) is 20.0 Å². The van der Waals surface area contributed by atoms with Crippen molar-refractivity contribution in [2.45, 2.75) is 51.4 Å². The summed E-state index contributed by atoms with van der Waals surface area (Å²) in [5, 5.41) is 5.11. The number of aromatic nitrogens is 2. The van der Waals surface area contributed by atoms with Gasteiger partial charge < -0.3 is 20.8 Å². The van der Waals surface area contributed by atoms with Gasteiger partial charge in [0.2, 0.25) is 11.8 Å². The van der Waals surface area contributed by atoms with E-state index in [-0.39, 0.29) is 36.1 Å². The predicted octanol–water partition coefficient (Wildman–Crippen LogP) is 1.68. The molecule has 0 saturated carbocycles. The molecule has 1 saturated heterocycles. The van der Waals surface area contributed by atoms with Gasteiger partial charge in [-0.3, -0.25) is 23.9 Å². The van der Waals surface area contributed by atoms with Gasteiger partial charge in [-0.05, 0) is 37.3 Å². The molecule has 3 amide bonds. The molecule has 0 spiro atoms. The van der Waals surface area contributed by atoms with Crippen molar-refractivity contribution in [1.29, 1.82) is 0 Å². The Bertz CT molecular complexity index is 1150. The molecule has 1 aliphatic rings. The van der Waals surface area contributed by atoms with Crippen molar-refractivity contribution in [2.75, 3.05) is 13.2 Å². The number of carbonyl (C=O) groups excluding carboxylic acids is 4. The molecular formula is C23H28F3N5O5. The van der Waals surface area contributed by atoms with Gasteiger partial charge >= 0.3 is 6.36 Å². The fourth-order valence-corrected chi connectivity index (χ4v) is 4.29. The highest BCUT2D eigenvalue weighted by molar-refractivity contribution is 5.97. The number of nitrogens with one attached hydrogen (secondary N) is 2. The molecular weight excluding hydrogens is 483 g/mol. The molecule has 3 heterocycles. The zero-order valence-electron chi connectivity index (χ0n) is 19.8. The van der Waals surface area contributed by atoms with Crippen molar-refractivity contribution in [3.8, 4) is 0 Å².